The Morgan fingerprint density at radius 3 is 2.24 bits per heavy atom. The summed E-state index contributed by atoms with van der Waals surface area (Å²) in [6.07, 6.45) is 4.30. The Bertz CT molecular complexity index is 836. The highest BCUT2D eigenvalue weighted by Crippen LogP contribution is 2.23. The average molecular weight is 393 g/mol. The maximum atomic E-state index is 12.9. The van der Waals surface area contributed by atoms with E-state index >= 15 is 0 Å². The number of hydrogen-bond acceptors (Lipinski definition) is 2. The summed E-state index contributed by atoms with van der Waals surface area (Å²) in [7, 11) is 0. The van der Waals surface area contributed by atoms with Gasteiger partial charge in [0.1, 0.15) is 0 Å². The number of para-hydroxylation sites is 1. The number of carbonyl (C=O) groups is 2. The second kappa shape index (κ2) is 9.73. The summed E-state index contributed by atoms with van der Waals surface area (Å²) in [5, 5.41) is 2.99. The van der Waals surface area contributed by atoms with E-state index in [1.165, 1.54) is 12.0 Å². The molecular formula is C25H32N2O2. The standard InChI is InChI=1S/C25H32N2O2/c1-18(2)17-20-11-13-21(14-12-20)19(3)24(28)26-23-10-6-5-9-22(23)25(29)27-15-7-4-8-16-27/h5-6,9-14,18-19H,4,7-8,15-17H2,1-3H3,(H,26,28). The van der Waals surface area contributed by atoms with Gasteiger partial charge in [0, 0.05) is 13.1 Å². The highest BCUT2D eigenvalue weighted by molar-refractivity contribution is 6.05. The molecule has 0 aromatic heterocycles. The zero-order valence-electron chi connectivity index (χ0n) is 17.8. The molecule has 29 heavy (non-hydrogen) atoms. The minimum atomic E-state index is -0.291. The van der Waals surface area contributed by atoms with E-state index in [-0.39, 0.29) is 17.7 Å². The van der Waals surface area contributed by atoms with E-state index in [0.29, 0.717) is 17.2 Å². The van der Waals surface area contributed by atoms with E-state index < -0.39 is 0 Å². The molecule has 2 amide bonds. The van der Waals surface area contributed by atoms with E-state index in [1.807, 2.05) is 42.2 Å². The van der Waals surface area contributed by atoms with Crippen molar-refractivity contribution in [1.29, 1.82) is 0 Å². The van der Waals surface area contributed by atoms with Crippen molar-refractivity contribution in [2.75, 3.05) is 18.4 Å². The van der Waals surface area contributed by atoms with Gasteiger partial charge in [-0.25, -0.2) is 0 Å². The quantitative estimate of drug-likeness (QED) is 0.729. The highest BCUT2D eigenvalue weighted by Gasteiger charge is 2.22. The van der Waals surface area contributed by atoms with Crippen LogP contribution in [-0.2, 0) is 11.2 Å². The Balaban J connectivity index is 1.71. The van der Waals surface area contributed by atoms with Gasteiger partial charge < -0.3 is 10.2 Å². The highest BCUT2D eigenvalue weighted by atomic mass is 16.2. The van der Waals surface area contributed by atoms with Crippen LogP contribution in [0.3, 0.4) is 0 Å². The number of likely N-dealkylation sites (tertiary alicyclic amines) is 1. The summed E-state index contributed by atoms with van der Waals surface area (Å²) >= 11 is 0. The van der Waals surface area contributed by atoms with Crippen LogP contribution in [0.15, 0.2) is 48.5 Å². The van der Waals surface area contributed by atoms with Crippen LogP contribution in [0, 0.1) is 5.92 Å². The summed E-state index contributed by atoms with van der Waals surface area (Å²) in [6, 6.07) is 15.6. The largest absolute Gasteiger partial charge is 0.339 e. The molecule has 0 aliphatic carbocycles. The Kier molecular flexibility index (Phi) is 7.08. The molecular weight excluding hydrogens is 360 g/mol. The molecule has 1 unspecified atom stereocenters. The fourth-order valence-electron chi connectivity index (χ4n) is 3.85. The lowest BCUT2D eigenvalue weighted by Crippen LogP contribution is -2.36. The second-order valence-electron chi connectivity index (χ2n) is 8.45. The van der Waals surface area contributed by atoms with E-state index in [1.54, 1.807) is 6.07 Å². The smallest absolute Gasteiger partial charge is 0.255 e. The molecule has 0 bridgehead atoms. The van der Waals surface area contributed by atoms with Crippen LogP contribution in [-0.4, -0.2) is 29.8 Å². The third-order valence-corrected chi connectivity index (χ3v) is 5.58. The van der Waals surface area contributed by atoms with Gasteiger partial charge in [0.25, 0.3) is 5.91 Å². The molecule has 2 aromatic carbocycles. The third-order valence-electron chi connectivity index (χ3n) is 5.58. The molecule has 154 valence electrons. The van der Waals surface area contributed by atoms with Crippen LogP contribution < -0.4 is 5.32 Å². The lowest BCUT2D eigenvalue weighted by atomic mass is 9.96. The van der Waals surface area contributed by atoms with Gasteiger partial charge in [0.15, 0.2) is 0 Å². The summed E-state index contributed by atoms with van der Waals surface area (Å²) in [4.78, 5) is 27.7. The van der Waals surface area contributed by atoms with Crippen molar-refractivity contribution in [2.45, 2.75) is 52.4 Å². The van der Waals surface area contributed by atoms with Gasteiger partial charge in [-0.3, -0.25) is 9.59 Å². The second-order valence-corrected chi connectivity index (χ2v) is 8.45. The number of benzene rings is 2. The summed E-state index contributed by atoms with van der Waals surface area (Å²) < 4.78 is 0. The fourth-order valence-corrected chi connectivity index (χ4v) is 3.85. The first-order valence-electron chi connectivity index (χ1n) is 10.7. The Labute approximate surface area is 174 Å². The minimum absolute atomic E-state index is 0.00583. The van der Waals surface area contributed by atoms with E-state index in [2.05, 4.69) is 31.3 Å². The third kappa shape index (κ3) is 5.47. The van der Waals surface area contributed by atoms with Crippen molar-refractivity contribution >= 4 is 17.5 Å². The Morgan fingerprint density at radius 1 is 0.931 bits per heavy atom. The molecule has 2 aromatic rings. The predicted molar refractivity (Wildman–Crippen MR) is 118 cm³/mol. The first-order valence-corrected chi connectivity index (χ1v) is 10.7. The van der Waals surface area contributed by atoms with Gasteiger partial charge in [-0.1, -0.05) is 50.2 Å². The van der Waals surface area contributed by atoms with E-state index in [9.17, 15) is 9.59 Å². The zero-order chi connectivity index (χ0) is 20.8. The molecule has 1 saturated heterocycles. The van der Waals surface area contributed by atoms with E-state index in [4.69, 9.17) is 0 Å². The molecule has 1 aliphatic heterocycles. The monoisotopic (exact) mass is 392 g/mol. The molecule has 4 nitrogen and oxygen atoms in total. The molecule has 1 aliphatic rings. The van der Waals surface area contributed by atoms with E-state index in [0.717, 1.165) is 37.9 Å². The Morgan fingerprint density at radius 2 is 1.59 bits per heavy atom. The summed E-state index contributed by atoms with van der Waals surface area (Å²) in [5.41, 5.74) is 3.43. The number of piperidine rings is 1. The van der Waals surface area contributed by atoms with Crippen LogP contribution in [0.25, 0.3) is 0 Å². The number of carbonyl (C=O) groups excluding carboxylic acids is 2. The molecule has 0 saturated carbocycles. The lowest BCUT2D eigenvalue weighted by Gasteiger charge is -2.27. The van der Waals surface area contributed by atoms with Crippen molar-refractivity contribution in [1.82, 2.24) is 4.90 Å². The number of nitrogens with one attached hydrogen (secondary N) is 1. The fraction of sp³-hybridized carbons (Fsp3) is 0.440. The number of anilines is 1. The van der Waals surface area contributed by atoms with Gasteiger partial charge in [-0.05, 0) is 61.8 Å². The van der Waals surface area contributed by atoms with Crippen molar-refractivity contribution in [3.05, 3.63) is 65.2 Å². The first-order chi connectivity index (χ1) is 14.0. The van der Waals surface area contributed by atoms with Crippen molar-refractivity contribution in [2.24, 2.45) is 5.92 Å². The lowest BCUT2D eigenvalue weighted by molar-refractivity contribution is -0.117. The molecule has 0 spiro atoms. The van der Waals surface area contributed by atoms with Crippen molar-refractivity contribution in [3.8, 4) is 0 Å². The molecule has 1 N–H and O–H groups in total. The number of amides is 2. The summed E-state index contributed by atoms with van der Waals surface area (Å²) in [5.74, 6) is 0.226. The normalized spacial score (nSPS) is 15.2. The zero-order valence-corrected chi connectivity index (χ0v) is 17.8. The van der Waals surface area contributed by atoms with Gasteiger partial charge in [0.05, 0.1) is 17.2 Å². The average Bonchev–Trinajstić information content (AvgIpc) is 2.74. The summed E-state index contributed by atoms with van der Waals surface area (Å²) in [6.45, 7) is 7.89. The van der Waals surface area contributed by atoms with Gasteiger partial charge >= 0.3 is 0 Å². The van der Waals surface area contributed by atoms with Crippen LogP contribution in [0.1, 0.15) is 67.4 Å². The first kappa shape index (κ1) is 21.1. The molecule has 1 heterocycles. The predicted octanol–water partition coefficient (Wildman–Crippen LogP) is 5.25. The van der Waals surface area contributed by atoms with Crippen LogP contribution in [0.4, 0.5) is 5.69 Å². The molecule has 1 fully saturated rings. The van der Waals surface area contributed by atoms with Gasteiger partial charge in [0.2, 0.25) is 5.91 Å². The number of rotatable bonds is 6. The molecule has 4 heteroatoms. The number of nitrogens with zero attached hydrogens (tertiary/aromatic N) is 1. The minimum Gasteiger partial charge on any atom is -0.339 e. The van der Waals surface area contributed by atoms with Crippen LogP contribution in [0.2, 0.25) is 0 Å². The van der Waals surface area contributed by atoms with Gasteiger partial charge in [-0.15, -0.1) is 0 Å². The Hall–Kier alpha value is -2.62. The van der Waals surface area contributed by atoms with Gasteiger partial charge in [-0.2, -0.15) is 0 Å². The van der Waals surface area contributed by atoms with Crippen molar-refractivity contribution < 1.29 is 9.59 Å². The topological polar surface area (TPSA) is 49.4 Å². The van der Waals surface area contributed by atoms with Crippen molar-refractivity contribution in [3.63, 3.8) is 0 Å². The molecule has 3 rings (SSSR count). The van der Waals surface area contributed by atoms with Crippen LogP contribution >= 0.6 is 0 Å². The maximum absolute atomic E-state index is 12.9. The maximum Gasteiger partial charge on any atom is 0.255 e. The van der Waals surface area contributed by atoms with Crippen LogP contribution in [0.5, 0.6) is 0 Å². The SMILES string of the molecule is CC(C)Cc1ccc(C(C)C(=O)Nc2ccccc2C(=O)N2CCCCC2)cc1. The molecule has 0 radical (unpaired) electrons. The molecule has 1 atom stereocenters. The number of hydrogen-bond donors (Lipinski definition) is 1.